The first-order valence-electron chi connectivity index (χ1n) is 10.3. The van der Waals surface area contributed by atoms with Crippen LogP contribution in [0, 0.1) is 11.8 Å². The number of esters is 1. The van der Waals surface area contributed by atoms with Gasteiger partial charge in [-0.2, -0.15) is 0 Å². The van der Waals surface area contributed by atoms with Crippen LogP contribution in [0.1, 0.15) is 39.0 Å². The zero-order chi connectivity index (χ0) is 21.1. The maximum Gasteiger partial charge on any atom is 0.309 e. The number of ether oxygens (including phenoxy) is 7. The molecule has 0 aromatic rings. The number of rotatable bonds is 12. The van der Waals surface area contributed by atoms with Gasteiger partial charge in [0.2, 0.25) is 0 Å². The maximum absolute atomic E-state index is 12.5. The molecule has 2 aliphatic carbocycles. The van der Waals surface area contributed by atoms with Crippen molar-refractivity contribution < 1.29 is 38.0 Å². The average Bonchev–Trinajstić information content (AvgIpc) is 2.75. The van der Waals surface area contributed by atoms with E-state index in [2.05, 4.69) is 0 Å². The number of carbonyl (C=O) groups is 1. The summed E-state index contributed by atoms with van der Waals surface area (Å²) in [6.45, 7) is 2.57. The number of hydrogen-bond acceptors (Lipinski definition) is 8. The molecule has 0 aliphatic heterocycles. The van der Waals surface area contributed by atoms with Crippen molar-refractivity contribution in [2.24, 2.45) is 11.8 Å². The molecule has 8 nitrogen and oxygen atoms in total. The van der Waals surface area contributed by atoms with Gasteiger partial charge in [-0.05, 0) is 24.5 Å². The van der Waals surface area contributed by atoms with E-state index in [-0.39, 0.29) is 63.1 Å². The van der Waals surface area contributed by atoms with Crippen molar-refractivity contribution >= 4 is 5.97 Å². The Morgan fingerprint density at radius 2 is 1.55 bits per heavy atom. The molecule has 0 N–H and O–H groups in total. The van der Waals surface area contributed by atoms with Crippen LogP contribution in [0.15, 0.2) is 11.6 Å². The molecule has 0 saturated heterocycles. The van der Waals surface area contributed by atoms with Gasteiger partial charge in [0.25, 0.3) is 0 Å². The van der Waals surface area contributed by atoms with Crippen LogP contribution in [-0.2, 0) is 38.0 Å². The Morgan fingerprint density at radius 1 is 0.931 bits per heavy atom. The molecule has 168 valence electrons. The van der Waals surface area contributed by atoms with E-state index in [1.54, 1.807) is 21.3 Å². The van der Waals surface area contributed by atoms with Crippen LogP contribution >= 0.6 is 0 Å². The van der Waals surface area contributed by atoms with Crippen LogP contribution in [0.4, 0.5) is 0 Å². The van der Waals surface area contributed by atoms with Crippen molar-refractivity contribution in [3.8, 4) is 0 Å². The van der Waals surface area contributed by atoms with Crippen molar-refractivity contribution in [1.29, 1.82) is 0 Å². The second-order valence-electron chi connectivity index (χ2n) is 7.61. The standard InChI is InChI=1S/C21H36O8/c1-15-19(28-13-24-3)17(11-26-21(22)16-8-6-5-7-9-16)10-18(27-12-23-2)20(15)29-14-25-4/h10,15-16,18-20H,5-9,11-14H2,1-4H3/t15-,18+,19-,20+/m0/s1. The average molecular weight is 417 g/mol. The zero-order valence-corrected chi connectivity index (χ0v) is 18.1. The lowest BCUT2D eigenvalue weighted by molar-refractivity contribution is -0.184. The van der Waals surface area contributed by atoms with E-state index in [4.69, 9.17) is 33.2 Å². The monoisotopic (exact) mass is 416 g/mol. The van der Waals surface area contributed by atoms with E-state index in [1.165, 1.54) is 6.42 Å². The normalized spacial score (nSPS) is 28.2. The van der Waals surface area contributed by atoms with E-state index in [0.717, 1.165) is 31.3 Å². The van der Waals surface area contributed by atoms with E-state index in [0.29, 0.717) is 0 Å². The molecule has 2 aliphatic rings. The zero-order valence-electron chi connectivity index (χ0n) is 18.1. The molecule has 29 heavy (non-hydrogen) atoms. The fourth-order valence-electron chi connectivity index (χ4n) is 4.03. The SMILES string of the molecule is COCO[C@@H]1[C@@H](C)[C@H](OCOC)C(COC(=O)C2CCCCC2)=C[C@H]1OCOC. The largest absolute Gasteiger partial charge is 0.461 e. The van der Waals surface area contributed by atoms with Crippen LogP contribution in [0.25, 0.3) is 0 Å². The second kappa shape index (κ2) is 13.3. The molecule has 8 heteroatoms. The summed E-state index contributed by atoms with van der Waals surface area (Å²) < 4.78 is 38.5. The van der Waals surface area contributed by atoms with Gasteiger partial charge in [0.1, 0.15) is 33.1 Å². The topological polar surface area (TPSA) is 81.7 Å². The molecule has 2 rings (SSSR count). The van der Waals surface area contributed by atoms with Gasteiger partial charge in [0.15, 0.2) is 0 Å². The number of hydrogen-bond donors (Lipinski definition) is 0. The summed E-state index contributed by atoms with van der Waals surface area (Å²) in [6.07, 6.45) is 6.10. The van der Waals surface area contributed by atoms with Crippen molar-refractivity contribution in [3.63, 3.8) is 0 Å². The summed E-state index contributed by atoms with van der Waals surface area (Å²) in [6, 6.07) is 0. The molecule has 4 atom stereocenters. The summed E-state index contributed by atoms with van der Waals surface area (Å²) in [4.78, 5) is 12.5. The maximum atomic E-state index is 12.5. The van der Waals surface area contributed by atoms with Crippen molar-refractivity contribution in [2.75, 3.05) is 48.3 Å². The van der Waals surface area contributed by atoms with Gasteiger partial charge in [-0.25, -0.2) is 0 Å². The van der Waals surface area contributed by atoms with Crippen molar-refractivity contribution in [2.45, 2.75) is 57.3 Å². The first-order valence-corrected chi connectivity index (χ1v) is 10.3. The first kappa shape index (κ1) is 24.2. The summed E-state index contributed by atoms with van der Waals surface area (Å²) >= 11 is 0. The second-order valence-corrected chi connectivity index (χ2v) is 7.61. The lowest BCUT2D eigenvalue weighted by Crippen LogP contribution is -2.48. The predicted molar refractivity (Wildman–Crippen MR) is 105 cm³/mol. The fraction of sp³-hybridized carbons (Fsp3) is 0.857. The molecule has 0 spiro atoms. The Hall–Kier alpha value is -1.03. The molecule has 0 heterocycles. The van der Waals surface area contributed by atoms with Gasteiger partial charge >= 0.3 is 5.97 Å². The van der Waals surface area contributed by atoms with E-state index >= 15 is 0 Å². The predicted octanol–water partition coefficient (Wildman–Crippen LogP) is 2.65. The first-order chi connectivity index (χ1) is 14.1. The summed E-state index contributed by atoms with van der Waals surface area (Å²) in [7, 11) is 4.71. The smallest absolute Gasteiger partial charge is 0.309 e. The quantitative estimate of drug-likeness (QED) is 0.273. The third-order valence-corrected chi connectivity index (χ3v) is 5.51. The highest BCUT2D eigenvalue weighted by atomic mass is 16.7. The third kappa shape index (κ3) is 7.31. The fourth-order valence-corrected chi connectivity index (χ4v) is 4.03. The molecule has 0 amide bonds. The van der Waals surface area contributed by atoms with Gasteiger partial charge in [-0.3, -0.25) is 4.79 Å². The lowest BCUT2D eigenvalue weighted by atomic mass is 9.83. The van der Waals surface area contributed by atoms with Crippen molar-refractivity contribution in [1.82, 2.24) is 0 Å². The van der Waals surface area contributed by atoms with Gasteiger partial charge in [0.05, 0.1) is 18.1 Å². The molecular weight excluding hydrogens is 380 g/mol. The van der Waals surface area contributed by atoms with Crippen molar-refractivity contribution in [3.05, 3.63) is 11.6 Å². The van der Waals surface area contributed by atoms with Gasteiger partial charge < -0.3 is 33.2 Å². The van der Waals surface area contributed by atoms with Gasteiger partial charge in [-0.1, -0.05) is 26.2 Å². The highest BCUT2D eigenvalue weighted by molar-refractivity contribution is 5.72. The number of carbonyl (C=O) groups excluding carboxylic acids is 1. The lowest BCUT2D eigenvalue weighted by Gasteiger charge is -2.39. The molecule has 0 unspecified atom stereocenters. The Balaban J connectivity index is 2.11. The molecule has 0 aromatic heterocycles. The Morgan fingerprint density at radius 3 is 2.21 bits per heavy atom. The Bertz CT molecular complexity index is 503. The summed E-state index contributed by atoms with van der Waals surface area (Å²) in [5.74, 6) is -0.201. The summed E-state index contributed by atoms with van der Waals surface area (Å²) in [5.41, 5.74) is 0.845. The van der Waals surface area contributed by atoms with E-state index < -0.39 is 0 Å². The van der Waals surface area contributed by atoms with E-state index in [9.17, 15) is 4.79 Å². The highest BCUT2D eigenvalue weighted by Crippen LogP contribution is 2.32. The minimum absolute atomic E-state index is 0.00188. The summed E-state index contributed by atoms with van der Waals surface area (Å²) in [5, 5.41) is 0. The van der Waals surface area contributed by atoms with Crippen LogP contribution < -0.4 is 0 Å². The molecular formula is C21H36O8. The van der Waals surface area contributed by atoms with Crippen LogP contribution in [0.5, 0.6) is 0 Å². The van der Waals surface area contributed by atoms with Gasteiger partial charge in [-0.15, -0.1) is 0 Å². The third-order valence-electron chi connectivity index (χ3n) is 5.51. The molecule has 1 saturated carbocycles. The van der Waals surface area contributed by atoms with Crippen LogP contribution in [0.2, 0.25) is 0 Å². The molecule has 0 radical (unpaired) electrons. The number of methoxy groups -OCH3 is 3. The highest BCUT2D eigenvalue weighted by Gasteiger charge is 2.40. The van der Waals surface area contributed by atoms with E-state index in [1.807, 2.05) is 13.0 Å². The Kier molecular flexibility index (Phi) is 11.1. The van der Waals surface area contributed by atoms with Crippen LogP contribution in [0.3, 0.4) is 0 Å². The minimum Gasteiger partial charge on any atom is -0.461 e. The Labute approximate surface area is 173 Å². The molecule has 0 aromatic carbocycles. The molecule has 1 fully saturated rings. The van der Waals surface area contributed by atoms with Crippen LogP contribution in [-0.4, -0.2) is 72.6 Å². The molecule has 0 bridgehead atoms. The minimum atomic E-state index is -0.370. The van der Waals surface area contributed by atoms with Gasteiger partial charge in [0, 0.05) is 27.2 Å².